The molecule has 0 heterocycles. The summed E-state index contributed by atoms with van der Waals surface area (Å²) in [6.45, 7) is 4.58. The molecule has 1 aliphatic carbocycles. The van der Waals surface area contributed by atoms with Gasteiger partial charge in [-0.15, -0.1) is 0 Å². The topological polar surface area (TPSA) is 55.8 Å². The molecule has 1 atom stereocenters. The Morgan fingerprint density at radius 1 is 1.26 bits per heavy atom. The first-order valence-electron chi connectivity index (χ1n) is 7.77. The molecule has 2 rings (SSSR count). The molecular formula is C19H22O4. The molecule has 0 amide bonds. The maximum absolute atomic E-state index is 12.1. The highest BCUT2D eigenvalue weighted by atomic mass is 16.6. The van der Waals surface area contributed by atoms with Crippen molar-refractivity contribution < 1.29 is 19.4 Å². The molecule has 1 aromatic carbocycles. The van der Waals surface area contributed by atoms with E-state index in [1.54, 1.807) is 30.4 Å². The van der Waals surface area contributed by atoms with Gasteiger partial charge in [-0.05, 0) is 32.1 Å². The molecule has 4 heteroatoms. The molecule has 1 aromatic rings. The molecule has 0 aliphatic heterocycles. The molecule has 0 saturated heterocycles. The van der Waals surface area contributed by atoms with Crippen LogP contribution in [0.25, 0.3) is 0 Å². The minimum absolute atomic E-state index is 0.0759. The minimum atomic E-state index is -1.35. The Morgan fingerprint density at radius 2 is 2.00 bits per heavy atom. The molecule has 1 unspecified atom stereocenters. The Labute approximate surface area is 136 Å². The summed E-state index contributed by atoms with van der Waals surface area (Å²) in [6.07, 6.45) is 6.76. The van der Waals surface area contributed by atoms with E-state index >= 15 is 0 Å². The molecule has 122 valence electrons. The largest absolute Gasteiger partial charge is 0.497 e. The van der Waals surface area contributed by atoms with Crippen molar-refractivity contribution >= 4 is 5.78 Å². The highest BCUT2D eigenvalue weighted by Crippen LogP contribution is 2.29. The smallest absolute Gasteiger partial charge is 0.192 e. The van der Waals surface area contributed by atoms with Gasteiger partial charge < -0.3 is 14.6 Å². The summed E-state index contributed by atoms with van der Waals surface area (Å²) in [6, 6.07) is 9.07. The fraction of sp³-hybridized carbons (Fsp3) is 0.316. The molecule has 1 aliphatic rings. The van der Waals surface area contributed by atoms with Crippen LogP contribution in [0.4, 0.5) is 0 Å². The van der Waals surface area contributed by atoms with Gasteiger partial charge in [0.2, 0.25) is 0 Å². The number of hydrogen-bond donors (Lipinski definition) is 1. The third kappa shape index (κ3) is 4.65. The molecular weight excluding hydrogens is 292 g/mol. The van der Waals surface area contributed by atoms with Gasteiger partial charge in [0.1, 0.15) is 5.76 Å². The van der Waals surface area contributed by atoms with Gasteiger partial charge >= 0.3 is 0 Å². The van der Waals surface area contributed by atoms with Crippen molar-refractivity contribution in [2.45, 2.75) is 26.1 Å². The van der Waals surface area contributed by atoms with Gasteiger partial charge in [-0.3, -0.25) is 4.79 Å². The number of ketones is 1. The summed E-state index contributed by atoms with van der Waals surface area (Å²) in [4.78, 5) is 12.1. The summed E-state index contributed by atoms with van der Waals surface area (Å²) >= 11 is 0. The van der Waals surface area contributed by atoms with Crippen LogP contribution in [0.15, 0.2) is 66.0 Å². The summed E-state index contributed by atoms with van der Waals surface area (Å²) in [5.41, 5.74) is 1.40. The van der Waals surface area contributed by atoms with Crippen molar-refractivity contribution in [3.8, 4) is 0 Å². The van der Waals surface area contributed by atoms with E-state index in [1.165, 1.54) is 6.08 Å². The Hall–Kier alpha value is -2.17. The molecule has 0 spiro atoms. The second kappa shape index (κ2) is 7.90. The zero-order chi connectivity index (χ0) is 16.7. The van der Waals surface area contributed by atoms with Crippen LogP contribution in [0.5, 0.6) is 0 Å². The molecule has 23 heavy (non-hydrogen) atoms. The quantitative estimate of drug-likeness (QED) is 0.476. The molecule has 1 N–H and O–H groups in total. The highest BCUT2D eigenvalue weighted by Gasteiger charge is 2.30. The summed E-state index contributed by atoms with van der Waals surface area (Å²) < 4.78 is 11.0. The first-order valence-corrected chi connectivity index (χ1v) is 7.77. The van der Waals surface area contributed by atoms with Gasteiger partial charge in [0, 0.05) is 17.7 Å². The lowest BCUT2D eigenvalue weighted by Gasteiger charge is -2.29. The lowest BCUT2D eigenvalue weighted by molar-refractivity contribution is -0.168. The third-order valence-electron chi connectivity index (χ3n) is 3.44. The number of carbonyl (C=O) groups is 1. The summed E-state index contributed by atoms with van der Waals surface area (Å²) in [7, 11) is 0. The average Bonchev–Trinajstić information content (AvgIpc) is 2.55. The second-order valence-electron chi connectivity index (χ2n) is 5.16. The predicted octanol–water partition coefficient (Wildman–Crippen LogP) is 3.40. The molecule has 4 nitrogen and oxygen atoms in total. The standard InChI is InChI=1S/C19H22O4/c1-3-22-18-14-19(21,23-4-2)13-12-16(18)10-11-17(20)15-8-6-5-7-9-15/h5-13,21H,3-4,14H2,1-2H3. The van der Waals surface area contributed by atoms with Crippen LogP contribution in [0.1, 0.15) is 30.6 Å². The van der Waals surface area contributed by atoms with E-state index in [1.807, 2.05) is 32.0 Å². The van der Waals surface area contributed by atoms with E-state index in [2.05, 4.69) is 0 Å². The van der Waals surface area contributed by atoms with E-state index in [0.29, 0.717) is 24.5 Å². The van der Waals surface area contributed by atoms with Crippen LogP contribution in [0.3, 0.4) is 0 Å². The molecule has 0 fully saturated rings. The predicted molar refractivity (Wildman–Crippen MR) is 88.9 cm³/mol. The molecule has 0 bridgehead atoms. The van der Waals surface area contributed by atoms with Crippen LogP contribution in [0, 0.1) is 0 Å². The van der Waals surface area contributed by atoms with Crippen molar-refractivity contribution in [2.75, 3.05) is 13.2 Å². The van der Waals surface area contributed by atoms with Gasteiger partial charge in [-0.1, -0.05) is 36.4 Å². The Kier molecular flexibility index (Phi) is 5.90. The Balaban J connectivity index is 2.18. The molecule has 0 aromatic heterocycles. The number of carbonyl (C=O) groups excluding carboxylic acids is 1. The zero-order valence-electron chi connectivity index (χ0n) is 13.5. The van der Waals surface area contributed by atoms with Crippen molar-refractivity contribution in [1.82, 2.24) is 0 Å². The van der Waals surface area contributed by atoms with Crippen molar-refractivity contribution in [1.29, 1.82) is 0 Å². The number of aliphatic hydroxyl groups is 1. The number of rotatable bonds is 7. The van der Waals surface area contributed by atoms with Crippen LogP contribution in [-0.4, -0.2) is 29.9 Å². The van der Waals surface area contributed by atoms with Crippen LogP contribution in [-0.2, 0) is 9.47 Å². The van der Waals surface area contributed by atoms with Crippen LogP contribution < -0.4 is 0 Å². The fourth-order valence-corrected chi connectivity index (χ4v) is 2.37. The van der Waals surface area contributed by atoms with E-state index in [0.717, 1.165) is 5.57 Å². The SMILES string of the molecule is CCOC1=C(C=CC(=O)c2ccccc2)C=CC(O)(OCC)C1. The van der Waals surface area contributed by atoms with Crippen LogP contribution >= 0.6 is 0 Å². The van der Waals surface area contributed by atoms with E-state index in [9.17, 15) is 9.90 Å². The van der Waals surface area contributed by atoms with Gasteiger partial charge in [0.25, 0.3) is 0 Å². The van der Waals surface area contributed by atoms with Gasteiger partial charge in [-0.25, -0.2) is 0 Å². The minimum Gasteiger partial charge on any atom is -0.497 e. The summed E-state index contributed by atoms with van der Waals surface area (Å²) in [5.74, 6) is -0.809. The fourth-order valence-electron chi connectivity index (χ4n) is 2.37. The van der Waals surface area contributed by atoms with Gasteiger partial charge in [0.05, 0.1) is 13.0 Å². The average molecular weight is 314 g/mol. The zero-order valence-corrected chi connectivity index (χ0v) is 13.5. The first kappa shape index (κ1) is 17.2. The molecule has 0 radical (unpaired) electrons. The van der Waals surface area contributed by atoms with Gasteiger partial charge in [-0.2, -0.15) is 0 Å². The lowest BCUT2D eigenvalue weighted by Crippen LogP contribution is -2.33. The second-order valence-corrected chi connectivity index (χ2v) is 5.16. The number of benzene rings is 1. The Morgan fingerprint density at radius 3 is 2.65 bits per heavy atom. The lowest BCUT2D eigenvalue weighted by atomic mass is 9.98. The number of ether oxygens (including phenoxy) is 2. The number of allylic oxidation sites excluding steroid dienone is 4. The van der Waals surface area contributed by atoms with E-state index in [4.69, 9.17) is 9.47 Å². The van der Waals surface area contributed by atoms with Crippen molar-refractivity contribution in [3.05, 3.63) is 71.5 Å². The maximum Gasteiger partial charge on any atom is 0.192 e. The van der Waals surface area contributed by atoms with Gasteiger partial charge in [0.15, 0.2) is 11.6 Å². The van der Waals surface area contributed by atoms with Crippen LogP contribution in [0.2, 0.25) is 0 Å². The maximum atomic E-state index is 12.1. The normalized spacial score (nSPS) is 21.0. The van der Waals surface area contributed by atoms with Crippen molar-refractivity contribution in [3.63, 3.8) is 0 Å². The highest BCUT2D eigenvalue weighted by molar-refractivity contribution is 6.04. The van der Waals surface area contributed by atoms with E-state index in [-0.39, 0.29) is 12.2 Å². The number of hydrogen-bond acceptors (Lipinski definition) is 4. The monoisotopic (exact) mass is 314 g/mol. The third-order valence-corrected chi connectivity index (χ3v) is 3.44. The first-order chi connectivity index (χ1) is 11.1. The summed E-state index contributed by atoms with van der Waals surface area (Å²) in [5, 5.41) is 10.3. The van der Waals surface area contributed by atoms with E-state index < -0.39 is 5.79 Å². The molecule has 0 saturated carbocycles. The Bertz CT molecular complexity index is 628. The van der Waals surface area contributed by atoms with Crippen molar-refractivity contribution in [2.24, 2.45) is 0 Å².